The van der Waals surface area contributed by atoms with Crippen LogP contribution in [-0.4, -0.2) is 23.6 Å². The number of anilines is 1. The number of aromatic nitrogens is 2. The molecule has 1 aromatic carbocycles. The fraction of sp³-hybridized carbons (Fsp3) is 0.375. The first-order chi connectivity index (χ1) is 10.1. The van der Waals surface area contributed by atoms with Gasteiger partial charge in [0.15, 0.2) is 11.6 Å². The predicted molar refractivity (Wildman–Crippen MR) is 82.2 cm³/mol. The molecule has 0 saturated carbocycles. The summed E-state index contributed by atoms with van der Waals surface area (Å²) in [6.07, 6.45) is 0. The molecule has 112 valence electrons. The van der Waals surface area contributed by atoms with Crippen molar-refractivity contribution in [3.05, 3.63) is 35.9 Å². The van der Waals surface area contributed by atoms with Crippen LogP contribution < -0.4 is 10.1 Å². The fourth-order valence-electron chi connectivity index (χ4n) is 2.00. The van der Waals surface area contributed by atoms with Crippen molar-refractivity contribution in [3.8, 4) is 17.0 Å². The number of ether oxygens (including phenoxy) is 1. The highest BCUT2D eigenvalue weighted by Gasteiger charge is 2.15. The quantitative estimate of drug-likeness (QED) is 0.908. The maximum atomic E-state index is 14.4. The molecule has 0 amide bonds. The normalized spacial score (nSPS) is 10.8. The van der Waals surface area contributed by atoms with Crippen LogP contribution in [0.25, 0.3) is 11.3 Å². The molecule has 0 bridgehead atoms. The number of benzene rings is 1. The van der Waals surface area contributed by atoms with Gasteiger partial charge in [-0.1, -0.05) is 19.9 Å². The lowest BCUT2D eigenvalue weighted by molar-refractivity contribution is 0.387. The van der Waals surface area contributed by atoms with E-state index in [1.165, 1.54) is 7.11 Å². The Morgan fingerprint density at radius 1 is 1.29 bits per heavy atom. The molecular formula is C16H20FN3O. The molecule has 2 aromatic rings. The van der Waals surface area contributed by atoms with Gasteiger partial charge < -0.3 is 10.1 Å². The van der Waals surface area contributed by atoms with E-state index in [4.69, 9.17) is 4.74 Å². The van der Waals surface area contributed by atoms with Gasteiger partial charge in [-0.05, 0) is 19.1 Å². The maximum Gasteiger partial charge on any atom is 0.174 e. The average molecular weight is 289 g/mol. The van der Waals surface area contributed by atoms with Crippen molar-refractivity contribution in [1.29, 1.82) is 0 Å². The standard InChI is InChI=1S/C16H20FN3O/c1-5-18-14-9-12(19-16(20-14)10(2)3)11-7-6-8-13(21-4)15(11)17/h6-10H,5H2,1-4H3,(H,18,19,20). The van der Waals surface area contributed by atoms with Gasteiger partial charge in [-0.25, -0.2) is 14.4 Å². The molecule has 0 unspecified atom stereocenters. The molecular weight excluding hydrogens is 269 g/mol. The van der Waals surface area contributed by atoms with Crippen molar-refractivity contribution in [3.63, 3.8) is 0 Å². The summed E-state index contributed by atoms with van der Waals surface area (Å²) in [7, 11) is 1.45. The third kappa shape index (κ3) is 3.29. The molecule has 0 radical (unpaired) electrons. The molecule has 1 heterocycles. The summed E-state index contributed by atoms with van der Waals surface area (Å²) in [5.74, 6) is 1.35. The first kappa shape index (κ1) is 15.2. The van der Waals surface area contributed by atoms with E-state index in [0.717, 1.165) is 6.54 Å². The van der Waals surface area contributed by atoms with E-state index in [2.05, 4.69) is 15.3 Å². The first-order valence-corrected chi connectivity index (χ1v) is 7.02. The second-order valence-electron chi connectivity index (χ2n) is 5.00. The van der Waals surface area contributed by atoms with Gasteiger partial charge in [0, 0.05) is 24.1 Å². The van der Waals surface area contributed by atoms with Crippen LogP contribution in [0.5, 0.6) is 5.75 Å². The van der Waals surface area contributed by atoms with Crippen LogP contribution in [-0.2, 0) is 0 Å². The average Bonchev–Trinajstić information content (AvgIpc) is 2.47. The monoisotopic (exact) mass is 289 g/mol. The fourth-order valence-corrected chi connectivity index (χ4v) is 2.00. The van der Waals surface area contributed by atoms with Crippen LogP contribution in [0.3, 0.4) is 0 Å². The van der Waals surface area contributed by atoms with E-state index in [1.54, 1.807) is 24.3 Å². The van der Waals surface area contributed by atoms with Crippen LogP contribution in [0.2, 0.25) is 0 Å². The van der Waals surface area contributed by atoms with Crippen molar-refractivity contribution in [1.82, 2.24) is 9.97 Å². The summed E-state index contributed by atoms with van der Waals surface area (Å²) < 4.78 is 19.4. The number of rotatable bonds is 5. The molecule has 21 heavy (non-hydrogen) atoms. The zero-order valence-electron chi connectivity index (χ0n) is 12.8. The molecule has 0 saturated heterocycles. The number of halogens is 1. The smallest absolute Gasteiger partial charge is 0.174 e. The van der Waals surface area contributed by atoms with Crippen molar-refractivity contribution in [2.45, 2.75) is 26.7 Å². The molecule has 1 aromatic heterocycles. The third-order valence-electron chi connectivity index (χ3n) is 3.08. The van der Waals surface area contributed by atoms with E-state index >= 15 is 0 Å². The van der Waals surface area contributed by atoms with E-state index in [0.29, 0.717) is 22.9 Å². The largest absolute Gasteiger partial charge is 0.494 e. The number of nitrogens with one attached hydrogen (secondary N) is 1. The minimum absolute atomic E-state index is 0.163. The number of nitrogens with zero attached hydrogens (tertiary/aromatic N) is 2. The summed E-state index contributed by atoms with van der Waals surface area (Å²) in [5.41, 5.74) is 0.971. The molecule has 1 N–H and O–H groups in total. The van der Waals surface area contributed by atoms with Crippen LogP contribution in [0.1, 0.15) is 32.5 Å². The van der Waals surface area contributed by atoms with Gasteiger partial charge >= 0.3 is 0 Å². The van der Waals surface area contributed by atoms with Gasteiger partial charge in [0.05, 0.1) is 12.8 Å². The Morgan fingerprint density at radius 2 is 2.05 bits per heavy atom. The molecule has 0 spiro atoms. The molecule has 2 rings (SSSR count). The van der Waals surface area contributed by atoms with Crippen molar-refractivity contribution < 1.29 is 9.13 Å². The van der Waals surface area contributed by atoms with E-state index < -0.39 is 5.82 Å². The second kappa shape index (κ2) is 6.52. The Kier molecular flexibility index (Phi) is 4.73. The summed E-state index contributed by atoms with van der Waals surface area (Å²) in [5, 5.41) is 3.16. The van der Waals surface area contributed by atoms with E-state index in [-0.39, 0.29) is 11.7 Å². The molecule has 0 aliphatic rings. The Labute approximate surface area is 124 Å². The van der Waals surface area contributed by atoms with Gasteiger partial charge in [-0.15, -0.1) is 0 Å². The molecule has 5 heteroatoms. The first-order valence-electron chi connectivity index (χ1n) is 7.02. The van der Waals surface area contributed by atoms with Gasteiger partial charge in [-0.3, -0.25) is 0 Å². The lowest BCUT2D eigenvalue weighted by Gasteiger charge is -2.12. The Morgan fingerprint density at radius 3 is 2.67 bits per heavy atom. The molecule has 0 aliphatic heterocycles. The Hall–Kier alpha value is -2.17. The van der Waals surface area contributed by atoms with Gasteiger partial charge in [0.2, 0.25) is 0 Å². The predicted octanol–water partition coefficient (Wildman–Crippen LogP) is 3.85. The molecule has 4 nitrogen and oxygen atoms in total. The minimum Gasteiger partial charge on any atom is -0.494 e. The van der Waals surface area contributed by atoms with E-state index in [1.807, 2.05) is 20.8 Å². The maximum absolute atomic E-state index is 14.4. The van der Waals surface area contributed by atoms with Crippen LogP contribution in [0, 0.1) is 5.82 Å². The van der Waals surface area contributed by atoms with Gasteiger partial charge in [0.25, 0.3) is 0 Å². The highest BCUT2D eigenvalue weighted by molar-refractivity contribution is 5.65. The summed E-state index contributed by atoms with van der Waals surface area (Å²) in [6, 6.07) is 6.79. The van der Waals surface area contributed by atoms with Gasteiger partial charge in [0.1, 0.15) is 11.6 Å². The van der Waals surface area contributed by atoms with E-state index in [9.17, 15) is 4.39 Å². The van der Waals surface area contributed by atoms with Crippen LogP contribution in [0.15, 0.2) is 24.3 Å². The number of methoxy groups -OCH3 is 1. The molecule has 0 aliphatic carbocycles. The summed E-state index contributed by atoms with van der Waals surface area (Å²) in [4.78, 5) is 8.92. The summed E-state index contributed by atoms with van der Waals surface area (Å²) >= 11 is 0. The summed E-state index contributed by atoms with van der Waals surface area (Å²) in [6.45, 7) is 6.76. The van der Waals surface area contributed by atoms with Crippen molar-refractivity contribution in [2.24, 2.45) is 0 Å². The molecule has 0 fully saturated rings. The lowest BCUT2D eigenvalue weighted by Crippen LogP contribution is -2.06. The Bertz CT molecular complexity index is 629. The minimum atomic E-state index is -0.407. The van der Waals surface area contributed by atoms with Crippen molar-refractivity contribution in [2.75, 3.05) is 19.0 Å². The van der Waals surface area contributed by atoms with Crippen LogP contribution in [0.4, 0.5) is 10.2 Å². The molecule has 0 atom stereocenters. The van der Waals surface area contributed by atoms with Crippen LogP contribution >= 0.6 is 0 Å². The number of hydrogen-bond donors (Lipinski definition) is 1. The topological polar surface area (TPSA) is 47.0 Å². The Balaban J connectivity index is 2.57. The number of hydrogen-bond acceptors (Lipinski definition) is 4. The highest BCUT2D eigenvalue weighted by Crippen LogP contribution is 2.29. The van der Waals surface area contributed by atoms with Crippen molar-refractivity contribution >= 4 is 5.82 Å². The highest BCUT2D eigenvalue weighted by atomic mass is 19.1. The third-order valence-corrected chi connectivity index (χ3v) is 3.08. The second-order valence-corrected chi connectivity index (χ2v) is 5.00. The SMILES string of the molecule is CCNc1cc(-c2cccc(OC)c2F)nc(C(C)C)n1. The van der Waals surface area contributed by atoms with Gasteiger partial charge in [-0.2, -0.15) is 0 Å². The zero-order valence-corrected chi connectivity index (χ0v) is 12.8. The lowest BCUT2D eigenvalue weighted by atomic mass is 10.1. The zero-order chi connectivity index (χ0) is 15.4.